The number of benzene rings is 3. The minimum Gasteiger partial charge on any atom is -0.744 e. The average molecular weight is 881 g/mol. The molecule has 0 unspecified atom stereocenters. The first kappa shape index (κ1) is 65.7. The third kappa shape index (κ3) is 38.8. The van der Waals surface area contributed by atoms with Gasteiger partial charge in [-0.25, -0.2) is 8.42 Å². The topological polar surface area (TPSA) is 284 Å². The number of carbonyl (C=O) groups is 3. The Kier molecular flexibility index (Phi) is 42.2. The number of carbonyl (C=O) groups excluding carboxylic acids is 3. The zero-order valence-electron chi connectivity index (χ0n) is 33.3. The van der Waals surface area contributed by atoms with Gasteiger partial charge in [-0.15, -0.1) is 55.6 Å². The largest absolute Gasteiger partial charge is 1.00 e. The summed E-state index contributed by atoms with van der Waals surface area (Å²) in [6, 6.07) is 22.3. The molecule has 6 N–H and O–H groups in total. The van der Waals surface area contributed by atoms with Gasteiger partial charge in [-0.1, -0.05) is 69.3 Å². The van der Waals surface area contributed by atoms with E-state index in [0.29, 0.717) is 11.1 Å². The summed E-state index contributed by atoms with van der Waals surface area (Å²) >= 11 is 0. The number of nitrogens with zero attached hydrogens (tertiary/aromatic N) is 1. The Morgan fingerprint density at radius 2 is 1.10 bits per heavy atom. The van der Waals surface area contributed by atoms with Crippen molar-refractivity contribution in [1.29, 1.82) is 0 Å². The van der Waals surface area contributed by atoms with Crippen LogP contribution in [0.4, 0.5) is 0 Å². The minimum absolute atomic E-state index is 0. The first-order valence-electron chi connectivity index (χ1n) is 14.9. The van der Waals surface area contributed by atoms with E-state index in [-0.39, 0.29) is 74.8 Å². The van der Waals surface area contributed by atoms with Gasteiger partial charge in [0.2, 0.25) is 17.7 Å². The fourth-order valence-electron chi connectivity index (χ4n) is 2.51. The standard InChI is InChI=1S/C8H9NO3S.C8H8O3S.C8H7.C6H11NO.C4H7NO.C3H5NO.2Na.O3S/c1-2-7-3-5-8(6-4-7)13(10,11)12-9;1-2-7-3-5-8(6-4-7)12(9,10)11;1-2-8-6-4-3-5-7-8;1-5(2)6(8)7(3)4;1-3(2)4(5)6;1-2-3(4)5;;;1-4(2)3/h2-6H,1,9H2;2-6H,1H2,(H,9,10,11);2-6H,1H2;1H2,2-4H3;1H2,2H3,(H2,5,6);2H,1H2,(H2,4,5);;;/q;;-1;;;;2*+1;/p-1. The molecule has 0 atom stereocenters. The van der Waals surface area contributed by atoms with Crippen molar-refractivity contribution in [3.63, 3.8) is 0 Å². The quantitative estimate of drug-likeness (QED) is 0.0667. The number of hydrogen-bond donors (Lipinski definition) is 3. The van der Waals surface area contributed by atoms with Crippen LogP contribution in [0.15, 0.2) is 139 Å². The van der Waals surface area contributed by atoms with Crippen molar-refractivity contribution in [1.82, 2.24) is 4.90 Å². The average Bonchev–Trinajstić information content (AvgIpc) is 3.15. The van der Waals surface area contributed by atoms with Crippen molar-refractivity contribution in [2.24, 2.45) is 17.4 Å². The Balaban J connectivity index is -0.000000140. The van der Waals surface area contributed by atoms with E-state index in [1.54, 1.807) is 58.3 Å². The molecule has 58 heavy (non-hydrogen) atoms. The number of likely N-dealkylation sites (N-methyl/N-ethyl adjacent to an activating group) is 1. The molecule has 0 radical (unpaired) electrons. The first-order chi connectivity index (χ1) is 25.8. The number of hydrogen-bond acceptors (Lipinski definition) is 13. The Bertz CT molecular complexity index is 2080. The van der Waals surface area contributed by atoms with Gasteiger partial charge in [-0.2, -0.15) is 24.2 Å². The molecule has 0 fully saturated rings. The zero-order valence-corrected chi connectivity index (χ0v) is 39.7. The Morgan fingerprint density at radius 1 is 0.741 bits per heavy atom. The van der Waals surface area contributed by atoms with Crippen LogP contribution in [0, 0.1) is 6.07 Å². The van der Waals surface area contributed by atoms with Crippen LogP contribution in [-0.4, -0.2) is 70.7 Å². The van der Waals surface area contributed by atoms with Crippen molar-refractivity contribution in [2.75, 3.05) is 14.1 Å². The van der Waals surface area contributed by atoms with Crippen molar-refractivity contribution in [2.45, 2.75) is 23.6 Å². The second-order valence-electron chi connectivity index (χ2n) is 10.0. The second kappa shape index (κ2) is 37.2. The third-order valence-corrected chi connectivity index (χ3v) is 7.23. The van der Waals surface area contributed by atoms with E-state index in [4.69, 9.17) is 18.4 Å². The maximum atomic E-state index is 11.0. The molecule has 16 nitrogen and oxygen atoms in total. The summed E-state index contributed by atoms with van der Waals surface area (Å²) < 4.78 is 82.6. The summed E-state index contributed by atoms with van der Waals surface area (Å²) in [7, 11) is -7.79. The first-order valence-corrected chi connectivity index (χ1v) is 18.7. The smallest absolute Gasteiger partial charge is 0.744 e. The van der Waals surface area contributed by atoms with Crippen LogP contribution < -0.4 is 76.5 Å². The van der Waals surface area contributed by atoms with Crippen molar-refractivity contribution < 1.29 is 112 Å². The van der Waals surface area contributed by atoms with Gasteiger partial charge in [-0.05, 0) is 55.3 Å². The number of amides is 3. The van der Waals surface area contributed by atoms with Gasteiger partial charge in [0.05, 0.1) is 9.79 Å². The van der Waals surface area contributed by atoms with Gasteiger partial charge in [0.1, 0.15) is 10.1 Å². The molecule has 0 aliphatic carbocycles. The third-order valence-electron chi connectivity index (χ3n) is 5.28. The number of primary amides is 2. The van der Waals surface area contributed by atoms with Gasteiger partial charge in [0.15, 0.2) is 0 Å². The van der Waals surface area contributed by atoms with E-state index < -0.39 is 42.7 Å². The van der Waals surface area contributed by atoms with E-state index in [0.717, 1.165) is 22.8 Å². The van der Waals surface area contributed by atoms with E-state index in [9.17, 15) is 35.8 Å². The number of nitrogens with two attached hydrogens (primary N) is 3. The van der Waals surface area contributed by atoms with Crippen LogP contribution in [0.3, 0.4) is 0 Å². The molecule has 0 aliphatic rings. The summed E-state index contributed by atoms with van der Waals surface area (Å²) in [5, 5.41) is 0. The monoisotopic (exact) mass is 880 g/mol. The molecule has 0 heterocycles. The van der Waals surface area contributed by atoms with Crippen molar-refractivity contribution in [3.8, 4) is 0 Å². The van der Waals surface area contributed by atoms with Crippen molar-refractivity contribution in [3.05, 3.63) is 152 Å². The predicted octanol–water partition coefficient (Wildman–Crippen LogP) is -2.37. The van der Waals surface area contributed by atoms with Crippen LogP contribution >= 0.6 is 0 Å². The van der Waals surface area contributed by atoms with E-state index in [2.05, 4.69) is 61.5 Å². The van der Waals surface area contributed by atoms with Crippen molar-refractivity contribution >= 4 is 66.8 Å². The van der Waals surface area contributed by atoms with E-state index in [1.165, 1.54) is 41.3 Å². The van der Waals surface area contributed by atoms with Crippen LogP contribution in [0.1, 0.15) is 30.5 Å². The molecule has 21 heteroatoms. The molecule has 3 aromatic carbocycles. The number of rotatable bonds is 9. The molecule has 0 aliphatic heterocycles. The summed E-state index contributed by atoms with van der Waals surface area (Å²) in [4.78, 5) is 31.3. The van der Waals surface area contributed by atoms with Gasteiger partial charge >= 0.3 is 79.8 Å². The predicted molar refractivity (Wildman–Crippen MR) is 215 cm³/mol. The fraction of sp³-hybridized carbons (Fsp3) is 0.108. The van der Waals surface area contributed by atoms with E-state index in [1.807, 2.05) is 24.3 Å². The summed E-state index contributed by atoms with van der Waals surface area (Å²) in [5.41, 5.74) is 12.9. The van der Waals surface area contributed by atoms with E-state index >= 15 is 0 Å². The van der Waals surface area contributed by atoms with Crippen LogP contribution in [0.5, 0.6) is 0 Å². The molecule has 0 aromatic heterocycles. The fourth-order valence-corrected chi connectivity index (χ4v) is 3.56. The summed E-state index contributed by atoms with van der Waals surface area (Å²) in [6.07, 6.45) is 6.01. The van der Waals surface area contributed by atoms with Gasteiger partial charge in [0, 0.05) is 25.2 Å². The molecule has 306 valence electrons. The maximum Gasteiger partial charge on any atom is 1.00 e. The minimum atomic E-state index is -4.31. The SMILES string of the molecule is C=C(C)C(=O)N(C)C.C=C(C)C(N)=O.C=CC(N)=O.C=Cc1[c-]cccc1.C=Cc1ccc(S(=O)(=O)ON)cc1.C=Cc1ccc(S(=O)(=O)[O-])cc1.O=S(=O)=O.[Na+].[Na+]. The second-order valence-corrected chi connectivity index (χ2v) is 13.4. The molecular weight excluding hydrogens is 835 g/mol. The summed E-state index contributed by atoms with van der Waals surface area (Å²) in [6.45, 7) is 23.8. The Morgan fingerprint density at radius 3 is 1.28 bits per heavy atom. The summed E-state index contributed by atoms with van der Waals surface area (Å²) in [5.74, 6) is 3.67. The molecule has 3 rings (SSSR count). The normalized spacial score (nSPS) is 8.86. The van der Waals surface area contributed by atoms with Crippen LogP contribution in [-0.2, 0) is 49.5 Å². The molecule has 0 bridgehead atoms. The molecule has 3 amide bonds. The Hall–Kier alpha value is -4.09. The van der Waals surface area contributed by atoms with Gasteiger partial charge in [0.25, 0.3) is 0 Å². The van der Waals surface area contributed by atoms with Gasteiger partial charge < -0.3 is 20.9 Å². The molecule has 0 saturated heterocycles. The van der Waals surface area contributed by atoms with Crippen LogP contribution in [0.2, 0.25) is 0 Å². The maximum absolute atomic E-state index is 11.0. The molecule has 0 spiro atoms. The molecule has 3 aromatic rings. The zero-order chi connectivity index (χ0) is 44.7. The molecule has 0 saturated carbocycles. The Labute approximate surface area is 387 Å². The van der Waals surface area contributed by atoms with Gasteiger partial charge in [-0.3, -0.25) is 14.4 Å². The molecular formula is C37H46N4Na2O12S3. The van der Waals surface area contributed by atoms with Crippen LogP contribution in [0.25, 0.3) is 18.2 Å².